The van der Waals surface area contributed by atoms with Crippen molar-refractivity contribution >= 4 is 11.9 Å². The Morgan fingerprint density at radius 3 is 2.47 bits per heavy atom. The average molecular weight is 241 g/mol. The molecule has 0 saturated heterocycles. The number of carboxylic acid groups (broad SMARTS) is 1. The van der Waals surface area contributed by atoms with Crippen molar-refractivity contribution in [2.75, 3.05) is 33.2 Å². The van der Waals surface area contributed by atoms with E-state index in [4.69, 9.17) is 10.4 Å². The minimum Gasteiger partial charge on any atom is -0.481 e. The van der Waals surface area contributed by atoms with Gasteiger partial charge in [-0.05, 0) is 6.54 Å². The van der Waals surface area contributed by atoms with Crippen molar-refractivity contribution in [1.29, 1.82) is 5.26 Å². The van der Waals surface area contributed by atoms with E-state index in [2.05, 4.69) is 0 Å². The number of amides is 1. The van der Waals surface area contributed by atoms with Crippen LogP contribution < -0.4 is 0 Å². The minimum absolute atomic E-state index is 0.0308. The van der Waals surface area contributed by atoms with Crippen LogP contribution in [0.4, 0.5) is 0 Å². The number of carbonyl (C=O) groups is 2. The summed E-state index contributed by atoms with van der Waals surface area (Å²) in [5.41, 5.74) is 0. The SMILES string of the molecule is CCN(CCC(=O)O)CC(=O)N(C)CCC#N. The molecule has 6 heteroatoms. The van der Waals surface area contributed by atoms with E-state index < -0.39 is 5.97 Å². The molecule has 0 spiro atoms. The summed E-state index contributed by atoms with van der Waals surface area (Å²) in [6, 6.07) is 1.98. The van der Waals surface area contributed by atoms with Gasteiger partial charge in [0.05, 0.1) is 25.5 Å². The van der Waals surface area contributed by atoms with Crippen LogP contribution in [0.5, 0.6) is 0 Å². The number of hydrogen-bond acceptors (Lipinski definition) is 4. The number of nitriles is 1. The third-order valence-corrected chi connectivity index (χ3v) is 2.43. The lowest BCUT2D eigenvalue weighted by Crippen LogP contribution is -2.39. The van der Waals surface area contributed by atoms with Crippen LogP contribution in [0.3, 0.4) is 0 Å². The molecule has 0 aromatic heterocycles. The van der Waals surface area contributed by atoms with Crippen molar-refractivity contribution in [3.8, 4) is 6.07 Å². The standard InChI is InChI=1S/C11H19N3O3/c1-3-14(8-5-11(16)17)9-10(15)13(2)7-4-6-12/h3-5,7-9H2,1-2H3,(H,16,17). The Bertz CT molecular complexity index is 299. The molecule has 0 heterocycles. The Kier molecular flexibility index (Phi) is 7.72. The van der Waals surface area contributed by atoms with Crippen LogP contribution in [0.1, 0.15) is 19.8 Å². The normalized spacial score (nSPS) is 10.0. The van der Waals surface area contributed by atoms with Gasteiger partial charge in [0.25, 0.3) is 0 Å². The van der Waals surface area contributed by atoms with Crippen LogP contribution in [0.2, 0.25) is 0 Å². The number of nitrogens with zero attached hydrogens (tertiary/aromatic N) is 3. The number of carbonyl (C=O) groups excluding carboxylic acids is 1. The van der Waals surface area contributed by atoms with Crippen LogP contribution in [-0.2, 0) is 9.59 Å². The molecular formula is C11H19N3O3. The second-order valence-electron chi connectivity index (χ2n) is 3.74. The minimum atomic E-state index is -0.867. The zero-order chi connectivity index (χ0) is 13.3. The van der Waals surface area contributed by atoms with E-state index in [9.17, 15) is 9.59 Å². The van der Waals surface area contributed by atoms with Gasteiger partial charge >= 0.3 is 5.97 Å². The lowest BCUT2D eigenvalue weighted by Gasteiger charge is -2.22. The maximum absolute atomic E-state index is 11.7. The van der Waals surface area contributed by atoms with E-state index in [-0.39, 0.29) is 18.9 Å². The largest absolute Gasteiger partial charge is 0.481 e. The van der Waals surface area contributed by atoms with E-state index in [0.29, 0.717) is 26.1 Å². The van der Waals surface area contributed by atoms with Crippen molar-refractivity contribution in [2.24, 2.45) is 0 Å². The Morgan fingerprint density at radius 1 is 1.35 bits per heavy atom. The number of hydrogen-bond donors (Lipinski definition) is 1. The molecule has 0 aliphatic heterocycles. The fourth-order valence-electron chi connectivity index (χ4n) is 1.26. The van der Waals surface area contributed by atoms with Gasteiger partial charge in [-0.2, -0.15) is 5.26 Å². The van der Waals surface area contributed by atoms with Crippen molar-refractivity contribution in [1.82, 2.24) is 9.80 Å². The zero-order valence-electron chi connectivity index (χ0n) is 10.3. The highest BCUT2D eigenvalue weighted by atomic mass is 16.4. The van der Waals surface area contributed by atoms with Crippen LogP contribution in [0.15, 0.2) is 0 Å². The molecule has 0 aromatic rings. The first-order valence-electron chi connectivity index (χ1n) is 5.56. The molecule has 17 heavy (non-hydrogen) atoms. The summed E-state index contributed by atoms with van der Waals surface area (Å²) in [4.78, 5) is 25.4. The fourth-order valence-corrected chi connectivity index (χ4v) is 1.26. The molecule has 1 amide bonds. The second-order valence-corrected chi connectivity index (χ2v) is 3.74. The zero-order valence-corrected chi connectivity index (χ0v) is 10.3. The molecule has 0 saturated carbocycles. The van der Waals surface area contributed by atoms with E-state index in [1.54, 1.807) is 11.9 Å². The maximum atomic E-state index is 11.7. The van der Waals surface area contributed by atoms with Gasteiger partial charge < -0.3 is 10.0 Å². The highest BCUT2D eigenvalue weighted by molar-refractivity contribution is 5.78. The molecule has 0 unspecified atom stereocenters. The van der Waals surface area contributed by atoms with Gasteiger partial charge in [0.1, 0.15) is 0 Å². The predicted octanol–water partition coefficient (Wildman–Crippen LogP) is 0.155. The topological polar surface area (TPSA) is 84.6 Å². The quantitative estimate of drug-likeness (QED) is 0.654. The molecule has 0 fully saturated rings. The molecular weight excluding hydrogens is 222 g/mol. The van der Waals surface area contributed by atoms with Gasteiger partial charge in [-0.3, -0.25) is 14.5 Å². The number of rotatable bonds is 8. The van der Waals surface area contributed by atoms with Gasteiger partial charge in [0.15, 0.2) is 0 Å². The number of aliphatic carboxylic acids is 1. The first-order valence-corrected chi connectivity index (χ1v) is 5.56. The summed E-state index contributed by atoms with van der Waals surface area (Å²) in [5.74, 6) is -0.957. The van der Waals surface area contributed by atoms with E-state index >= 15 is 0 Å². The molecule has 96 valence electrons. The molecule has 0 atom stereocenters. The summed E-state index contributed by atoms with van der Waals surface area (Å²) in [5, 5.41) is 17.0. The molecule has 0 aliphatic carbocycles. The smallest absolute Gasteiger partial charge is 0.304 e. The monoisotopic (exact) mass is 241 g/mol. The molecule has 1 N–H and O–H groups in total. The summed E-state index contributed by atoms with van der Waals surface area (Å²) < 4.78 is 0. The molecule has 0 bridgehead atoms. The first kappa shape index (κ1) is 15.4. The van der Waals surface area contributed by atoms with E-state index in [1.165, 1.54) is 4.90 Å². The van der Waals surface area contributed by atoms with Gasteiger partial charge in [-0.25, -0.2) is 0 Å². The molecule has 6 nitrogen and oxygen atoms in total. The van der Waals surface area contributed by atoms with Crippen LogP contribution >= 0.6 is 0 Å². The van der Waals surface area contributed by atoms with E-state index in [1.807, 2.05) is 13.0 Å². The third kappa shape index (κ3) is 7.30. The van der Waals surface area contributed by atoms with Crippen molar-refractivity contribution in [2.45, 2.75) is 19.8 Å². The third-order valence-electron chi connectivity index (χ3n) is 2.43. The lowest BCUT2D eigenvalue weighted by molar-refractivity contribution is -0.138. The summed E-state index contributed by atoms with van der Waals surface area (Å²) in [7, 11) is 1.64. The van der Waals surface area contributed by atoms with Gasteiger partial charge in [-0.1, -0.05) is 6.92 Å². The summed E-state index contributed by atoms with van der Waals surface area (Å²) in [6.07, 6.45) is 0.340. The van der Waals surface area contributed by atoms with Crippen molar-refractivity contribution < 1.29 is 14.7 Å². The van der Waals surface area contributed by atoms with Gasteiger partial charge in [0.2, 0.25) is 5.91 Å². The Hall–Kier alpha value is -1.61. The van der Waals surface area contributed by atoms with Crippen molar-refractivity contribution in [3.05, 3.63) is 0 Å². The Morgan fingerprint density at radius 2 is 2.00 bits per heavy atom. The highest BCUT2D eigenvalue weighted by Crippen LogP contribution is 1.95. The molecule has 0 aromatic carbocycles. The summed E-state index contributed by atoms with van der Waals surface area (Å²) in [6.45, 7) is 3.48. The molecule has 0 rings (SSSR count). The van der Waals surface area contributed by atoms with Crippen molar-refractivity contribution in [3.63, 3.8) is 0 Å². The lowest BCUT2D eigenvalue weighted by atomic mass is 10.3. The van der Waals surface area contributed by atoms with Gasteiger partial charge in [0, 0.05) is 20.1 Å². The molecule has 0 aliphatic rings. The Balaban J connectivity index is 4.05. The number of likely N-dealkylation sites (N-methyl/N-ethyl adjacent to an activating group) is 2. The Labute approximate surface area is 101 Å². The molecule has 0 radical (unpaired) electrons. The van der Waals surface area contributed by atoms with E-state index in [0.717, 1.165) is 0 Å². The van der Waals surface area contributed by atoms with Crippen LogP contribution in [-0.4, -0.2) is 60.0 Å². The maximum Gasteiger partial charge on any atom is 0.304 e. The predicted molar refractivity (Wildman–Crippen MR) is 62.2 cm³/mol. The second kappa shape index (κ2) is 8.53. The average Bonchev–Trinajstić information content (AvgIpc) is 2.30. The van der Waals surface area contributed by atoms with Gasteiger partial charge in [-0.15, -0.1) is 0 Å². The summed E-state index contributed by atoms with van der Waals surface area (Å²) >= 11 is 0. The first-order chi connectivity index (χ1) is 8.01. The number of carboxylic acids is 1. The fraction of sp³-hybridized carbons (Fsp3) is 0.727. The van der Waals surface area contributed by atoms with Crippen LogP contribution in [0, 0.1) is 11.3 Å². The van der Waals surface area contributed by atoms with Crippen LogP contribution in [0.25, 0.3) is 0 Å². The highest BCUT2D eigenvalue weighted by Gasteiger charge is 2.13.